The maximum Gasteiger partial charge on any atom is 0.270 e. The molecule has 5 rings (SSSR count). The molecule has 8 heteroatoms. The average molecular weight is 484 g/mol. The molecular weight excluding hydrogens is 454 g/mol. The second kappa shape index (κ2) is 9.91. The molecule has 0 aliphatic carbocycles. The minimum absolute atomic E-state index is 0.00670. The Labute approximate surface area is 209 Å². The fraction of sp³-hybridized carbons (Fsp3) is 0.286. The zero-order chi connectivity index (χ0) is 25.2. The van der Waals surface area contributed by atoms with Gasteiger partial charge in [-0.2, -0.15) is 0 Å². The van der Waals surface area contributed by atoms with Crippen LogP contribution in [0.1, 0.15) is 19.5 Å². The molecule has 1 fully saturated rings. The Morgan fingerprint density at radius 1 is 0.944 bits per heavy atom. The summed E-state index contributed by atoms with van der Waals surface area (Å²) in [6.45, 7) is 7.60. The van der Waals surface area contributed by atoms with E-state index >= 15 is 0 Å². The van der Waals surface area contributed by atoms with Crippen LogP contribution in [-0.2, 0) is 11.3 Å². The molecule has 0 N–H and O–H groups in total. The van der Waals surface area contributed by atoms with Crippen molar-refractivity contribution >= 4 is 17.2 Å². The summed E-state index contributed by atoms with van der Waals surface area (Å²) >= 11 is 0. The lowest BCUT2D eigenvalue weighted by molar-refractivity contribution is -0.384. The highest BCUT2D eigenvalue weighted by atomic mass is 16.6. The summed E-state index contributed by atoms with van der Waals surface area (Å²) in [6, 6.07) is 20.7. The number of carbonyl (C=O) groups is 1. The number of nitrogens with zero attached hydrogens (tertiary/aromatic N) is 5. The van der Waals surface area contributed by atoms with Gasteiger partial charge in [0.15, 0.2) is 0 Å². The fourth-order valence-corrected chi connectivity index (χ4v) is 4.74. The molecule has 184 valence electrons. The number of benzene rings is 2. The second-order valence-corrected chi connectivity index (χ2v) is 9.48. The Hall–Kier alpha value is -4.04. The first-order chi connectivity index (χ1) is 17.4. The van der Waals surface area contributed by atoms with Gasteiger partial charge in [0.25, 0.3) is 5.69 Å². The third-order valence-corrected chi connectivity index (χ3v) is 6.71. The number of pyridine rings is 1. The number of piperazine rings is 1. The molecule has 2 aromatic heterocycles. The van der Waals surface area contributed by atoms with Gasteiger partial charge in [0.2, 0.25) is 5.91 Å². The van der Waals surface area contributed by atoms with E-state index in [0.29, 0.717) is 19.6 Å². The van der Waals surface area contributed by atoms with Gasteiger partial charge in [-0.25, -0.2) is 4.98 Å². The van der Waals surface area contributed by atoms with E-state index in [4.69, 9.17) is 4.98 Å². The van der Waals surface area contributed by atoms with E-state index < -0.39 is 0 Å². The Morgan fingerprint density at radius 3 is 2.36 bits per heavy atom. The third-order valence-electron chi connectivity index (χ3n) is 6.71. The van der Waals surface area contributed by atoms with Crippen molar-refractivity contribution in [2.75, 3.05) is 26.2 Å². The van der Waals surface area contributed by atoms with Gasteiger partial charge < -0.3 is 9.30 Å². The van der Waals surface area contributed by atoms with Gasteiger partial charge in [0.1, 0.15) is 5.65 Å². The number of fused-ring (bicyclic) bond motifs is 1. The summed E-state index contributed by atoms with van der Waals surface area (Å²) in [5.74, 6) is 0.211. The van der Waals surface area contributed by atoms with Crippen molar-refractivity contribution in [1.82, 2.24) is 19.2 Å². The Kier molecular flexibility index (Phi) is 6.52. The summed E-state index contributed by atoms with van der Waals surface area (Å²) in [6.07, 6.45) is 2.02. The van der Waals surface area contributed by atoms with E-state index in [-0.39, 0.29) is 22.4 Å². The Morgan fingerprint density at radius 2 is 1.67 bits per heavy atom. The van der Waals surface area contributed by atoms with Gasteiger partial charge in [-0.05, 0) is 23.3 Å². The molecule has 3 heterocycles. The number of imidazole rings is 1. The van der Waals surface area contributed by atoms with Gasteiger partial charge in [0, 0.05) is 62.5 Å². The highest BCUT2D eigenvalue weighted by Crippen LogP contribution is 2.29. The van der Waals surface area contributed by atoms with E-state index in [1.54, 1.807) is 12.1 Å². The van der Waals surface area contributed by atoms with Crippen LogP contribution in [0.2, 0.25) is 0 Å². The zero-order valence-electron chi connectivity index (χ0n) is 20.5. The predicted molar refractivity (Wildman–Crippen MR) is 139 cm³/mol. The number of nitro groups is 1. The van der Waals surface area contributed by atoms with Crippen LogP contribution in [0.5, 0.6) is 0 Å². The van der Waals surface area contributed by atoms with Crippen molar-refractivity contribution in [3.8, 4) is 22.4 Å². The standard InChI is InChI=1S/C28H29N5O3/c1-20(2)28(34)31-15-13-30(14-16-31)19-25-27(21-7-4-3-5-8-21)29-26-12-11-23(18-32(25)26)22-9-6-10-24(17-22)33(35)36/h3-12,17-18,20H,13-16,19H2,1-2H3. The van der Waals surface area contributed by atoms with Crippen molar-refractivity contribution < 1.29 is 9.72 Å². The minimum atomic E-state index is -0.373. The molecular formula is C28H29N5O3. The highest BCUT2D eigenvalue weighted by molar-refractivity contribution is 5.78. The number of amides is 1. The van der Waals surface area contributed by atoms with Gasteiger partial charge in [-0.3, -0.25) is 19.8 Å². The van der Waals surface area contributed by atoms with Gasteiger partial charge in [-0.1, -0.05) is 56.3 Å². The van der Waals surface area contributed by atoms with Gasteiger partial charge in [0.05, 0.1) is 16.3 Å². The summed E-state index contributed by atoms with van der Waals surface area (Å²) in [7, 11) is 0. The van der Waals surface area contributed by atoms with Crippen LogP contribution < -0.4 is 0 Å². The molecule has 4 aromatic rings. The van der Waals surface area contributed by atoms with E-state index in [0.717, 1.165) is 46.8 Å². The van der Waals surface area contributed by atoms with Crippen molar-refractivity contribution in [1.29, 1.82) is 0 Å². The molecule has 0 bridgehead atoms. The number of rotatable bonds is 6. The monoisotopic (exact) mass is 483 g/mol. The number of hydrogen-bond donors (Lipinski definition) is 0. The van der Waals surface area contributed by atoms with E-state index in [9.17, 15) is 14.9 Å². The SMILES string of the molecule is CC(C)C(=O)N1CCN(Cc2c(-c3ccccc3)nc3ccc(-c4cccc([N+](=O)[O-])c4)cn23)CC1. The van der Waals surface area contributed by atoms with Crippen LogP contribution in [0.4, 0.5) is 5.69 Å². The largest absolute Gasteiger partial charge is 0.340 e. The Bertz CT molecular complexity index is 1410. The highest BCUT2D eigenvalue weighted by Gasteiger charge is 2.25. The normalized spacial score (nSPS) is 14.5. The molecule has 36 heavy (non-hydrogen) atoms. The van der Waals surface area contributed by atoms with Crippen LogP contribution in [0, 0.1) is 16.0 Å². The lowest BCUT2D eigenvalue weighted by Crippen LogP contribution is -2.49. The molecule has 8 nitrogen and oxygen atoms in total. The maximum absolute atomic E-state index is 12.4. The average Bonchev–Trinajstić information content (AvgIpc) is 3.26. The lowest BCUT2D eigenvalue weighted by atomic mass is 10.1. The minimum Gasteiger partial charge on any atom is -0.340 e. The molecule has 0 saturated carbocycles. The van der Waals surface area contributed by atoms with E-state index in [1.807, 2.05) is 61.3 Å². The molecule has 1 amide bonds. The zero-order valence-corrected chi connectivity index (χ0v) is 20.5. The molecule has 0 spiro atoms. The lowest BCUT2D eigenvalue weighted by Gasteiger charge is -2.35. The third kappa shape index (κ3) is 4.72. The first-order valence-electron chi connectivity index (χ1n) is 12.2. The summed E-state index contributed by atoms with van der Waals surface area (Å²) in [5, 5.41) is 11.3. The molecule has 1 aliphatic heterocycles. The first kappa shape index (κ1) is 23.7. The van der Waals surface area contributed by atoms with Crippen LogP contribution in [0.3, 0.4) is 0 Å². The molecule has 0 radical (unpaired) electrons. The molecule has 0 atom stereocenters. The van der Waals surface area contributed by atoms with Crippen molar-refractivity contribution in [2.45, 2.75) is 20.4 Å². The van der Waals surface area contributed by atoms with Crippen molar-refractivity contribution in [2.24, 2.45) is 5.92 Å². The maximum atomic E-state index is 12.4. The van der Waals surface area contributed by atoms with E-state index in [1.165, 1.54) is 6.07 Å². The first-order valence-corrected chi connectivity index (χ1v) is 12.2. The Balaban J connectivity index is 1.51. The molecule has 2 aromatic carbocycles. The number of aromatic nitrogens is 2. The number of hydrogen-bond acceptors (Lipinski definition) is 5. The number of non-ortho nitro benzene ring substituents is 1. The number of nitro benzene ring substituents is 1. The summed E-state index contributed by atoms with van der Waals surface area (Å²) < 4.78 is 2.10. The topological polar surface area (TPSA) is 84.0 Å². The fourth-order valence-electron chi connectivity index (χ4n) is 4.74. The number of carbonyl (C=O) groups excluding carboxylic acids is 1. The predicted octanol–water partition coefficient (Wildman–Crippen LogP) is 4.88. The van der Waals surface area contributed by atoms with Crippen LogP contribution >= 0.6 is 0 Å². The smallest absolute Gasteiger partial charge is 0.270 e. The van der Waals surface area contributed by atoms with Crippen LogP contribution in [0.15, 0.2) is 72.9 Å². The van der Waals surface area contributed by atoms with Gasteiger partial charge >= 0.3 is 0 Å². The molecule has 1 aliphatic rings. The van der Waals surface area contributed by atoms with Crippen LogP contribution in [0.25, 0.3) is 28.0 Å². The summed E-state index contributed by atoms with van der Waals surface area (Å²) in [5.41, 5.74) is 5.59. The van der Waals surface area contributed by atoms with Crippen molar-refractivity contribution in [3.05, 3.63) is 88.7 Å². The van der Waals surface area contributed by atoms with Crippen molar-refractivity contribution in [3.63, 3.8) is 0 Å². The summed E-state index contributed by atoms with van der Waals surface area (Å²) in [4.78, 5) is 32.6. The molecule has 0 unspecified atom stereocenters. The quantitative estimate of drug-likeness (QED) is 0.288. The van der Waals surface area contributed by atoms with E-state index in [2.05, 4.69) is 21.4 Å². The second-order valence-electron chi connectivity index (χ2n) is 9.48. The van der Waals surface area contributed by atoms with Gasteiger partial charge in [-0.15, -0.1) is 0 Å². The molecule has 1 saturated heterocycles. The van der Waals surface area contributed by atoms with Crippen LogP contribution in [-0.4, -0.2) is 56.2 Å².